The van der Waals surface area contributed by atoms with Gasteiger partial charge in [0.2, 0.25) is 0 Å². The quantitative estimate of drug-likeness (QED) is 0.841. The second-order valence-corrected chi connectivity index (χ2v) is 8.47. The Morgan fingerprint density at radius 2 is 1.60 bits per heavy atom. The third-order valence-corrected chi connectivity index (χ3v) is 6.06. The molecule has 2 atom stereocenters. The summed E-state index contributed by atoms with van der Waals surface area (Å²) in [5.74, 6) is 0.599. The van der Waals surface area contributed by atoms with Crippen molar-refractivity contribution in [2.45, 2.75) is 45.4 Å². The van der Waals surface area contributed by atoms with E-state index in [0.717, 1.165) is 5.56 Å². The van der Waals surface area contributed by atoms with E-state index in [1.165, 1.54) is 0 Å². The summed E-state index contributed by atoms with van der Waals surface area (Å²) in [6.07, 6.45) is 0.688. The molecule has 2 N–H and O–H groups in total. The smallest absolute Gasteiger partial charge is 0.155 e. The van der Waals surface area contributed by atoms with Gasteiger partial charge < -0.3 is 5.73 Å². The van der Waals surface area contributed by atoms with Gasteiger partial charge in [0.05, 0.1) is 11.0 Å². The Hall–Kier alpha value is -0.870. The Morgan fingerprint density at radius 3 is 2.05 bits per heavy atom. The van der Waals surface area contributed by atoms with Crippen molar-refractivity contribution >= 4 is 9.84 Å². The Kier molecular flexibility index (Phi) is 6.21. The van der Waals surface area contributed by atoms with Crippen LogP contribution in [0.4, 0.5) is 0 Å². The second-order valence-electron chi connectivity index (χ2n) is 6.19. The van der Waals surface area contributed by atoms with E-state index in [9.17, 15) is 8.42 Å². The summed E-state index contributed by atoms with van der Waals surface area (Å²) in [6.45, 7) is 7.94. The molecule has 0 aliphatic heterocycles. The lowest BCUT2D eigenvalue weighted by atomic mass is 9.97. The molecule has 114 valence electrons. The highest BCUT2D eigenvalue weighted by Crippen LogP contribution is 2.27. The highest BCUT2D eigenvalue weighted by atomic mass is 32.2. The Labute approximate surface area is 123 Å². The third kappa shape index (κ3) is 4.60. The molecular weight excluding hydrogens is 270 g/mol. The van der Waals surface area contributed by atoms with E-state index in [1.54, 1.807) is 0 Å². The zero-order chi connectivity index (χ0) is 15.3. The van der Waals surface area contributed by atoms with Crippen LogP contribution in [0.5, 0.6) is 0 Å². The first kappa shape index (κ1) is 17.2. The van der Waals surface area contributed by atoms with E-state index in [4.69, 9.17) is 5.73 Å². The third-order valence-electron chi connectivity index (χ3n) is 3.59. The average molecular weight is 297 g/mol. The minimum Gasteiger partial charge on any atom is -0.323 e. The van der Waals surface area contributed by atoms with Crippen LogP contribution in [0.25, 0.3) is 0 Å². The van der Waals surface area contributed by atoms with Crippen LogP contribution in [0.3, 0.4) is 0 Å². The lowest BCUT2D eigenvalue weighted by molar-refractivity contribution is 0.477. The molecule has 0 saturated carbocycles. The minimum atomic E-state index is -3.19. The molecule has 2 unspecified atom stereocenters. The van der Waals surface area contributed by atoms with Crippen LogP contribution in [0.1, 0.15) is 45.7 Å². The zero-order valence-corrected chi connectivity index (χ0v) is 13.7. The highest BCUT2D eigenvalue weighted by molar-refractivity contribution is 7.92. The van der Waals surface area contributed by atoms with Gasteiger partial charge in [-0.15, -0.1) is 0 Å². The zero-order valence-electron chi connectivity index (χ0n) is 12.9. The Morgan fingerprint density at radius 1 is 1.05 bits per heavy atom. The van der Waals surface area contributed by atoms with Crippen LogP contribution in [-0.2, 0) is 9.84 Å². The summed E-state index contributed by atoms with van der Waals surface area (Å²) in [5.41, 5.74) is 7.14. The first-order chi connectivity index (χ1) is 9.25. The molecule has 1 aromatic carbocycles. The van der Waals surface area contributed by atoms with Crippen molar-refractivity contribution < 1.29 is 8.42 Å². The fourth-order valence-corrected chi connectivity index (χ4v) is 4.96. The molecule has 0 bridgehead atoms. The summed E-state index contributed by atoms with van der Waals surface area (Å²) in [7, 11) is -3.19. The van der Waals surface area contributed by atoms with Crippen molar-refractivity contribution in [2.24, 2.45) is 17.6 Å². The van der Waals surface area contributed by atoms with Gasteiger partial charge in [0, 0.05) is 6.04 Å². The number of benzene rings is 1. The van der Waals surface area contributed by atoms with E-state index in [2.05, 4.69) is 0 Å². The number of hydrogen-bond donors (Lipinski definition) is 1. The van der Waals surface area contributed by atoms with Crippen molar-refractivity contribution in [2.75, 3.05) is 5.75 Å². The molecule has 1 aromatic rings. The van der Waals surface area contributed by atoms with Crippen molar-refractivity contribution in [1.29, 1.82) is 0 Å². The normalized spacial score (nSPS) is 15.6. The van der Waals surface area contributed by atoms with Gasteiger partial charge in [-0.1, -0.05) is 58.0 Å². The van der Waals surface area contributed by atoms with Crippen molar-refractivity contribution in [3.05, 3.63) is 35.9 Å². The predicted octanol–water partition coefficient (Wildman–Crippen LogP) is 3.17. The molecule has 0 saturated heterocycles. The van der Waals surface area contributed by atoms with Crippen LogP contribution < -0.4 is 5.73 Å². The highest BCUT2D eigenvalue weighted by Gasteiger charge is 2.34. The second kappa shape index (κ2) is 7.23. The molecule has 0 fully saturated rings. The molecule has 0 heterocycles. The Bertz CT molecular complexity index is 494. The summed E-state index contributed by atoms with van der Waals surface area (Å²) < 4.78 is 25.2. The van der Waals surface area contributed by atoms with Gasteiger partial charge in [0.25, 0.3) is 0 Å². The largest absolute Gasteiger partial charge is 0.323 e. The first-order valence-corrected chi connectivity index (χ1v) is 8.99. The van der Waals surface area contributed by atoms with Crippen LogP contribution >= 0.6 is 0 Å². The molecule has 4 heteroatoms. The van der Waals surface area contributed by atoms with Gasteiger partial charge in [0.15, 0.2) is 9.84 Å². The van der Waals surface area contributed by atoms with E-state index >= 15 is 0 Å². The summed E-state index contributed by atoms with van der Waals surface area (Å²) >= 11 is 0. The van der Waals surface area contributed by atoms with Crippen LogP contribution in [0, 0.1) is 11.8 Å². The van der Waals surface area contributed by atoms with Gasteiger partial charge in [-0.05, 0) is 23.8 Å². The lowest BCUT2D eigenvalue weighted by Crippen LogP contribution is -2.39. The molecule has 0 aliphatic carbocycles. The van der Waals surface area contributed by atoms with E-state index in [1.807, 2.05) is 58.0 Å². The topological polar surface area (TPSA) is 60.2 Å². The molecule has 0 amide bonds. The van der Waals surface area contributed by atoms with Gasteiger partial charge in [-0.3, -0.25) is 0 Å². The van der Waals surface area contributed by atoms with Crippen LogP contribution in [0.15, 0.2) is 30.3 Å². The van der Waals surface area contributed by atoms with Crippen molar-refractivity contribution in [3.63, 3.8) is 0 Å². The number of nitrogens with two attached hydrogens (primary N) is 1. The fourth-order valence-electron chi connectivity index (χ4n) is 2.45. The Balaban J connectivity index is 3.00. The van der Waals surface area contributed by atoms with Gasteiger partial charge in [0.1, 0.15) is 0 Å². The molecule has 20 heavy (non-hydrogen) atoms. The molecule has 0 aromatic heterocycles. The maximum absolute atomic E-state index is 12.6. The molecule has 3 nitrogen and oxygen atoms in total. The molecule has 1 rings (SSSR count). The minimum absolute atomic E-state index is 0.00219. The average Bonchev–Trinajstić information content (AvgIpc) is 2.37. The van der Waals surface area contributed by atoms with Crippen molar-refractivity contribution in [1.82, 2.24) is 0 Å². The maximum atomic E-state index is 12.6. The number of sulfone groups is 1. The van der Waals surface area contributed by atoms with E-state index in [-0.39, 0.29) is 11.7 Å². The van der Waals surface area contributed by atoms with Crippen LogP contribution in [-0.4, -0.2) is 19.4 Å². The SMILES string of the molecule is CC(C)CCS(=O)(=O)C(C(C)C)C(N)c1ccccc1. The molecular formula is C16H27NO2S. The summed E-state index contributed by atoms with van der Waals surface area (Å²) in [5, 5.41) is -0.524. The van der Waals surface area contributed by atoms with Gasteiger partial charge >= 0.3 is 0 Å². The lowest BCUT2D eigenvalue weighted by Gasteiger charge is -2.28. The van der Waals surface area contributed by atoms with E-state index < -0.39 is 21.1 Å². The standard InChI is InChI=1S/C16H27NO2S/c1-12(2)10-11-20(18,19)16(13(3)4)15(17)14-8-6-5-7-9-14/h5-9,12-13,15-16H,10-11,17H2,1-4H3. The summed E-state index contributed by atoms with van der Waals surface area (Å²) in [4.78, 5) is 0. The fraction of sp³-hybridized carbons (Fsp3) is 0.625. The van der Waals surface area contributed by atoms with Crippen LogP contribution in [0.2, 0.25) is 0 Å². The predicted molar refractivity (Wildman–Crippen MR) is 85.2 cm³/mol. The molecule has 0 aliphatic rings. The van der Waals surface area contributed by atoms with E-state index in [0.29, 0.717) is 12.3 Å². The first-order valence-electron chi connectivity index (χ1n) is 7.27. The summed E-state index contributed by atoms with van der Waals surface area (Å²) in [6, 6.07) is 9.04. The number of hydrogen-bond acceptors (Lipinski definition) is 3. The molecule has 0 radical (unpaired) electrons. The van der Waals surface area contributed by atoms with Gasteiger partial charge in [-0.2, -0.15) is 0 Å². The number of rotatable bonds is 7. The molecule has 0 spiro atoms. The van der Waals surface area contributed by atoms with Crippen molar-refractivity contribution in [3.8, 4) is 0 Å². The monoisotopic (exact) mass is 297 g/mol. The maximum Gasteiger partial charge on any atom is 0.155 e. The van der Waals surface area contributed by atoms with Gasteiger partial charge in [-0.25, -0.2) is 8.42 Å².